The van der Waals surface area contributed by atoms with Gasteiger partial charge in [-0.2, -0.15) is 0 Å². The zero-order chi connectivity index (χ0) is 19.6. The van der Waals surface area contributed by atoms with E-state index in [1.165, 1.54) is 0 Å². The second-order valence-electron chi connectivity index (χ2n) is 7.11. The van der Waals surface area contributed by atoms with E-state index in [0.29, 0.717) is 5.92 Å². The highest BCUT2D eigenvalue weighted by Gasteiger charge is 2.25. The van der Waals surface area contributed by atoms with Crippen LogP contribution in [0, 0.1) is 11.8 Å². The van der Waals surface area contributed by atoms with Crippen molar-refractivity contribution in [3.05, 3.63) is 84.4 Å². The van der Waals surface area contributed by atoms with Crippen molar-refractivity contribution in [3.63, 3.8) is 0 Å². The van der Waals surface area contributed by atoms with Gasteiger partial charge in [-0.05, 0) is 24.7 Å². The number of allylic oxidation sites excluding steroid dienone is 1. The van der Waals surface area contributed by atoms with Gasteiger partial charge in [-0.25, -0.2) is 4.79 Å². The van der Waals surface area contributed by atoms with E-state index in [2.05, 4.69) is 13.5 Å². The van der Waals surface area contributed by atoms with Gasteiger partial charge >= 0.3 is 5.97 Å². The van der Waals surface area contributed by atoms with E-state index in [1.54, 1.807) is 0 Å². The fourth-order valence-corrected chi connectivity index (χ4v) is 3.11. The molecule has 0 heterocycles. The Morgan fingerprint density at radius 2 is 1.52 bits per heavy atom. The summed E-state index contributed by atoms with van der Waals surface area (Å²) in [6, 6.07) is 18.8. The molecule has 3 atom stereocenters. The van der Waals surface area contributed by atoms with E-state index in [4.69, 9.17) is 4.99 Å². The monoisotopic (exact) mass is 363 g/mol. The Kier molecular flexibility index (Phi) is 8.00. The van der Waals surface area contributed by atoms with Crippen molar-refractivity contribution in [2.75, 3.05) is 0 Å². The molecule has 0 aliphatic heterocycles. The van der Waals surface area contributed by atoms with Gasteiger partial charge < -0.3 is 5.11 Å². The predicted molar refractivity (Wildman–Crippen MR) is 112 cm³/mol. The van der Waals surface area contributed by atoms with Crippen molar-refractivity contribution in [2.24, 2.45) is 16.8 Å². The van der Waals surface area contributed by atoms with Gasteiger partial charge in [0.2, 0.25) is 0 Å². The van der Waals surface area contributed by atoms with Gasteiger partial charge in [-0.1, -0.05) is 87.0 Å². The largest absolute Gasteiger partial charge is 0.480 e. The zero-order valence-electron chi connectivity index (χ0n) is 16.2. The van der Waals surface area contributed by atoms with Gasteiger partial charge in [-0.15, -0.1) is 6.58 Å². The van der Waals surface area contributed by atoms with Crippen LogP contribution in [0.4, 0.5) is 0 Å². The number of carbonyl (C=O) groups is 1. The maximum absolute atomic E-state index is 12.0. The highest BCUT2D eigenvalue weighted by atomic mass is 16.4. The summed E-state index contributed by atoms with van der Waals surface area (Å²) in [4.78, 5) is 16.7. The molecule has 142 valence electrons. The van der Waals surface area contributed by atoms with Crippen LogP contribution in [0.15, 0.2) is 78.3 Å². The van der Waals surface area contributed by atoms with Gasteiger partial charge in [0.25, 0.3) is 0 Å². The third-order valence-corrected chi connectivity index (χ3v) is 4.88. The van der Waals surface area contributed by atoms with Gasteiger partial charge in [0.1, 0.15) is 0 Å². The van der Waals surface area contributed by atoms with Crippen LogP contribution < -0.4 is 0 Å². The molecule has 3 unspecified atom stereocenters. The molecular formula is C24H29NO2. The summed E-state index contributed by atoms with van der Waals surface area (Å²) in [5.41, 5.74) is 2.60. The van der Waals surface area contributed by atoms with Crippen molar-refractivity contribution >= 4 is 11.7 Å². The molecule has 2 aromatic rings. The lowest BCUT2D eigenvalue weighted by atomic mass is 9.92. The van der Waals surface area contributed by atoms with Gasteiger partial charge in [0, 0.05) is 11.1 Å². The molecule has 0 amide bonds. The van der Waals surface area contributed by atoms with Crippen LogP contribution in [0.1, 0.15) is 44.2 Å². The highest BCUT2D eigenvalue weighted by Crippen LogP contribution is 2.21. The van der Waals surface area contributed by atoms with Crippen molar-refractivity contribution in [1.82, 2.24) is 0 Å². The lowest BCUT2D eigenvalue weighted by molar-refractivity contribution is -0.139. The molecule has 0 aromatic heterocycles. The lowest BCUT2D eigenvalue weighted by Crippen LogP contribution is -2.28. The molecule has 0 radical (unpaired) electrons. The van der Waals surface area contributed by atoms with E-state index in [9.17, 15) is 9.90 Å². The van der Waals surface area contributed by atoms with Crippen LogP contribution in [0.25, 0.3) is 0 Å². The Labute approximate surface area is 162 Å². The molecule has 3 nitrogen and oxygen atoms in total. The topological polar surface area (TPSA) is 49.7 Å². The molecule has 0 bridgehead atoms. The molecule has 27 heavy (non-hydrogen) atoms. The first-order chi connectivity index (χ1) is 13.0. The number of hydrogen-bond donors (Lipinski definition) is 1. The number of hydrogen-bond acceptors (Lipinski definition) is 2. The standard InChI is InChI=1S/C24H29NO2/c1-4-18(2)12-11-13-19(3)22(24(26)27)25-23(20-14-7-5-8-15-20)21-16-9-6-10-17-21/h4-10,14-19,22H,1,11-13H2,2-3H3,(H,26,27). The highest BCUT2D eigenvalue weighted by molar-refractivity contribution is 6.13. The minimum Gasteiger partial charge on any atom is -0.480 e. The Bertz CT molecular complexity index is 711. The fourth-order valence-electron chi connectivity index (χ4n) is 3.11. The summed E-state index contributed by atoms with van der Waals surface area (Å²) in [6.07, 6.45) is 4.77. The third kappa shape index (κ3) is 6.21. The minimum absolute atomic E-state index is 0.0399. The van der Waals surface area contributed by atoms with Crippen LogP contribution in [-0.2, 0) is 4.79 Å². The van der Waals surface area contributed by atoms with Crippen molar-refractivity contribution in [3.8, 4) is 0 Å². The molecule has 2 rings (SSSR count). The summed E-state index contributed by atoms with van der Waals surface area (Å²) in [5.74, 6) is -0.459. The number of aliphatic imine (C=N–C) groups is 1. The number of benzene rings is 2. The summed E-state index contributed by atoms with van der Waals surface area (Å²) in [6.45, 7) is 7.93. The molecular weight excluding hydrogens is 334 g/mol. The molecule has 0 saturated heterocycles. The van der Waals surface area contributed by atoms with Crippen LogP contribution in [0.3, 0.4) is 0 Å². The van der Waals surface area contributed by atoms with Crippen LogP contribution in [0.2, 0.25) is 0 Å². The molecule has 0 fully saturated rings. The Morgan fingerprint density at radius 1 is 1.00 bits per heavy atom. The first-order valence-electron chi connectivity index (χ1n) is 9.57. The Morgan fingerprint density at radius 3 is 1.96 bits per heavy atom. The summed E-state index contributed by atoms with van der Waals surface area (Å²) in [7, 11) is 0. The smallest absolute Gasteiger partial charge is 0.328 e. The van der Waals surface area contributed by atoms with Gasteiger partial charge in [0.15, 0.2) is 6.04 Å². The van der Waals surface area contributed by atoms with Gasteiger partial charge in [0.05, 0.1) is 5.71 Å². The van der Waals surface area contributed by atoms with Crippen LogP contribution in [-0.4, -0.2) is 22.8 Å². The number of carboxylic acids is 1. The fraction of sp³-hybridized carbons (Fsp3) is 0.333. The minimum atomic E-state index is -0.872. The molecule has 1 N–H and O–H groups in total. The maximum Gasteiger partial charge on any atom is 0.328 e. The average Bonchev–Trinajstić information content (AvgIpc) is 2.69. The molecule has 0 spiro atoms. The first-order valence-corrected chi connectivity index (χ1v) is 9.57. The molecule has 2 aromatic carbocycles. The van der Waals surface area contributed by atoms with Crippen molar-refractivity contribution in [2.45, 2.75) is 39.2 Å². The number of rotatable bonds is 10. The Hall–Kier alpha value is -2.68. The number of carboxylic acid groups (broad SMARTS) is 1. The van der Waals surface area contributed by atoms with Crippen molar-refractivity contribution in [1.29, 1.82) is 0 Å². The SMILES string of the molecule is C=CC(C)CCCC(C)C(N=C(c1ccccc1)c1ccccc1)C(=O)O. The maximum atomic E-state index is 12.0. The molecule has 0 saturated carbocycles. The molecule has 0 aliphatic rings. The second-order valence-corrected chi connectivity index (χ2v) is 7.11. The third-order valence-electron chi connectivity index (χ3n) is 4.88. The van der Waals surface area contributed by atoms with E-state index < -0.39 is 12.0 Å². The second kappa shape index (κ2) is 10.5. The molecule has 3 heteroatoms. The van der Waals surface area contributed by atoms with Crippen molar-refractivity contribution < 1.29 is 9.90 Å². The number of aliphatic carboxylic acids is 1. The summed E-state index contributed by atoms with van der Waals surface area (Å²) in [5, 5.41) is 9.82. The van der Waals surface area contributed by atoms with E-state index in [1.807, 2.05) is 73.7 Å². The normalized spacial score (nSPS) is 14.0. The van der Waals surface area contributed by atoms with Gasteiger partial charge in [-0.3, -0.25) is 4.99 Å². The van der Waals surface area contributed by atoms with Crippen LogP contribution in [0.5, 0.6) is 0 Å². The first kappa shape index (κ1) is 20.6. The quantitative estimate of drug-likeness (QED) is 0.441. The Balaban J connectivity index is 2.30. The van der Waals surface area contributed by atoms with E-state index in [-0.39, 0.29) is 5.92 Å². The molecule has 0 aliphatic carbocycles. The number of nitrogens with zero attached hydrogens (tertiary/aromatic N) is 1. The van der Waals surface area contributed by atoms with Crippen LogP contribution >= 0.6 is 0 Å². The van der Waals surface area contributed by atoms with E-state index in [0.717, 1.165) is 36.1 Å². The average molecular weight is 364 g/mol. The van der Waals surface area contributed by atoms with E-state index >= 15 is 0 Å². The lowest BCUT2D eigenvalue weighted by Gasteiger charge is -2.19. The summed E-state index contributed by atoms with van der Waals surface area (Å²) >= 11 is 0. The zero-order valence-corrected chi connectivity index (χ0v) is 16.2. The predicted octanol–water partition coefficient (Wildman–Crippen LogP) is 5.61. The summed E-state index contributed by atoms with van der Waals surface area (Å²) < 4.78 is 0.